The molecular weight excluding hydrogens is 238 g/mol. The summed E-state index contributed by atoms with van der Waals surface area (Å²) < 4.78 is 30.5. The average Bonchev–Trinajstić information content (AvgIpc) is 2.32. The van der Waals surface area contributed by atoms with Gasteiger partial charge in [0.25, 0.3) is 0 Å². The van der Waals surface area contributed by atoms with E-state index >= 15 is 0 Å². The van der Waals surface area contributed by atoms with Crippen LogP contribution in [0.1, 0.15) is 18.4 Å². The smallest absolute Gasteiger partial charge is 0.214 e. The first-order valence-corrected chi connectivity index (χ1v) is 7.34. The molecule has 0 aliphatic carbocycles. The highest BCUT2D eigenvalue weighted by atomic mass is 32.2. The first kappa shape index (κ1) is 12.4. The Morgan fingerprint density at radius 2 is 2.06 bits per heavy atom. The van der Waals surface area contributed by atoms with Crippen molar-refractivity contribution in [2.75, 3.05) is 19.4 Å². The highest BCUT2D eigenvalue weighted by molar-refractivity contribution is 7.89. The highest BCUT2D eigenvalue weighted by Gasteiger charge is 2.26. The molecule has 1 aromatic carbocycles. The molecule has 0 radical (unpaired) electrons. The molecule has 1 heterocycles. The van der Waals surface area contributed by atoms with Gasteiger partial charge in [-0.2, -0.15) is 4.31 Å². The van der Waals surface area contributed by atoms with Crippen LogP contribution in [0.3, 0.4) is 0 Å². The number of hydrogen-bond acceptors (Lipinski definition) is 3. The molecule has 2 rings (SSSR count). The lowest BCUT2D eigenvalue weighted by Gasteiger charge is -2.26. The van der Waals surface area contributed by atoms with Crippen molar-refractivity contribution in [3.8, 4) is 5.75 Å². The third-order valence-corrected chi connectivity index (χ3v) is 4.90. The zero-order chi connectivity index (χ0) is 12.3. The maximum Gasteiger partial charge on any atom is 0.214 e. The molecule has 4 nitrogen and oxygen atoms in total. The number of rotatable bonds is 3. The Hall–Kier alpha value is -1.07. The standard InChI is InChI=1S/C12H17NO3S/c1-16-12-7-3-2-6-11(12)10-13-8-4-5-9-17(13,14)15/h2-3,6-7H,4-5,8-10H2,1H3. The van der Waals surface area contributed by atoms with E-state index in [1.807, 2.05) is 24.3 Å². The zero-order valence-electron chi connectivity index (χ0n) is 9.93. The minimum atomic E-state index is -3.07. The van der Waals surface area contributed by atoms with Crippen molar-refractivity contribution < 1.29 is 13.2 Å². The molecule has 0 amide bonds. The topological polar surface area (TPSA) is 46.6 Å². The van der Waals surface area contributed by atoms with Crippen LogP contribution < -0.4 is 4.74 Å². The second-order valence-electron chi connectivity index (χ2n) is 4.17. The van der Waals surface area contributed by atoms with Crippen LogP contribution in [0, 0.1) is 0 Å². The molecule has 5 heteroatoms. The SMILES string of the molecule is COc1ccccc1CN1CCCCS1(=O)=O. The van der Waals surface area contributed by atoms with Crippen molar-refractivity contribution in [1.29, 1.82) is 0 Å². The number of hydrogen-bond donors (Lipinski definition) is 0. The summed E-state index contributed by atoms with van der Waals surface area (Å²) >= 11 is 0. The van der Waals surface area contributed by atoms with E-state index in [0.29, 0.717) is 13.1 Å². The lowest BCUT2D eigenvalue weighted by Crippen LogP contribution is -2.37. The van der Waals surface area contributed by atoms with Gasteiger partial charge in [-0.3, -0.25) is 0 Å². The fourth-order valence-electron chi connectivity index (χ4n) is 2.04. The average molecular weight is 255 g/mol. The van der Waals surface area contributed by atoms with Crippen LogP contribution in [0.2, 0.25) is 0 Å². The van der Waals surface area contributed by atoms with Crippen molar-refractivity contribution in [3.63, 3.8) is 0 Å². The number of para-hydroxylation sites is 1. The highest BCUT2D eigenvalue weighted by Crippen LogP contribution is 2.23. The van der Waals surface area contributed by atoms with Gasteiger partial charge in [-0.1, -0.05) is 18.2 Å². The number of benzene rings is 1. The third kappa shape index (κ3) is 2.79. The van der Waals surface area contributed by atoms with Gasteiger partial charge in [0, 0.05) is 18.7 Å². The van der Waals surface area contributed by atoms with E-state index in [0.717, 1.165) is 24.2 Å². The van der Waals surface area contributed by atoms with Crippen LogP contribution in [0.4, 0.5) is 0 Å². The Kier molecular flexibility index (Phi) is 3.69. The summed E-state index contributed by atoms with van der Waals surface area (Å²) in [6.45, 7) is 1.02. The van der Waals surface area contributed by atoms with Gasteiger partial charge >= 0.3 is 0 Å². The van der Waals surface area contributed by atoms with Crippen molar-refractivity contribution in [3.05, 3.63) is 29.8 Å². The summed E-state index contributed by atoms with van der Waals surface area (Å²) in [6.07, 6.45) is 1.71. The summed E-state index contributed by atoms with van der Waals surface area (Å²) in [4.78, 5) is 0. The minimum Gasteiger partial charge on any atom is -0.496 e. The second kappa shape index (κ2) is 5.06. The number of sulfonamides is 1. The molecule has 0 atom stereocenters. The van der Waals surface area contributed by atoms with E-state index in [9.17, 15) is 8.42 Å². The van der Waals surface area contributed by atoms with Crippen molar-refractivity contribution in [1.82, 2.24) is 4.31 Å². The van der Waals surface area contributed by atoms with Gasteiger partial charge in [-0.25, -0.2) is 8.42 Å². The lowest BCUT2D eigenvalue weighted by molar-refractivity contribution is 0.362. The summed E-state index contributed by atoms with van der Waals surface area (Å²) in [5.41, 5.74) is 0.917. The van der Waals surface area contributed by atoms with Crippen molar-refractivity contribution in [2.24, 2.45) is 0 Å². The maximum atomic E-state index is 11.9. The number of methoxy groups -OCH3 is 1. The van der Waals surface area contributed by atoms with Crippen molar-refractivity contribution >= 4 is 10.0 Å². The lowest BCUT2D eigenvalue weighted by atomic mass is 10.2. The van der Waals surface area contributed by atoms with Crippen molar-refractivity contribution in [2.45, 2.75) is 19.4 Å². The second-order valence-corrected chi connectivity index (χ2v) is 6.26. The maximum absolute atomic E-state index is 11.9. The molecule has 0 aromatic heterocycles. The van der Waals surface area contributed by atoms with Gasteiger partial charge in [0.05, 0.1) is 12.9 Å². The van der Waals surface area contributed by atoms with Gasteiger partial charge < -0.3 is 4.74 Å². The van der Waals surface area contributed by atoms with Gasteiger partial charge in [-0.05, 0) is 18.9 Å². The largest absolute Gasteiger partial charge is 0.496 e. The van der Waals surface area contributed by atoms with Crippen LogP contribution in [0.15, 0.2) is 24.3 Å². The quantitative estimate of drug-likeness (QED) is 0.824. The Balaban J connectivity index is 2.20. The van der Waals surface area contributed by atoms with Gasteiger partial charge in [0.2, 0.25) is 10.0 Å². The van der Waals surface area contributed by atoms with Crippen LogP contribution in [-0.4, -0.2) is 32.1 Å². The Bertz CT molecular complexity index is 484. The molecule has 0 saturated carbocycles. The van der Waals surface area contributed by atoms with Crippen LogP contribution in [0.5, 0.6) is 5.75 Å². The summed E-state index contributed by atoms with van der Waals surface area (Å²) in [5, 5.41) is 0. The van der Waals surface area contributed by atoms with E-state index in [4.69, 9.17) is 4.74 Å². The first-order chi connectivity index (χ1) is 8.13. The van der Waals surface area contributed by atoms with Crippen LogP contribution >= 0.6 is 0 Å². The molecule has 0 bridgehead atoms. The predicted molar refractivity (Wildman–Crippen MR) is 66.4 cm³/mol. The molecule has 1 fully saturated rings. The van der Waals surface area contributed by atoms with E-state index in [2.05, 4.69) is 0 Å². The molecule has 1 aliphatic heterocycles. The molecular formula is C12H17NO3S. The first-order valence-electron chi connectivity index (χ1n) is 5.73. The molecule has 0 unspecified atom stereocenters. The minimum absolute atomic E-state index is 0.266. The third-order valence-electron chi connectivity index (χ3n) is 2.99. The fraction of sp³-hybridized carbons (Fsp3) is 0.500. The Labute approximate surface area is 102 Å². The monoisotopic (exact) mass is 255 g/mol. The van der Waals surface area contributed by atoms with Gasteiger partial charge in [0.1, 0.15) is 5.75 Å². The Morgan fingerprint density at radius 1 is 1.29 bits per heavy atom. The summed E-state index contributed by atoms with van der Waals surface area (Å²) in [7, 11) is -1.47. The molecule has 0 spiro atoms. The van der Waals surface area contributed by atoms with Crippen LogP contribution in [-0.2, 0) is 16.6 Å². The summed E-state index contributed by atoms with van der Waals surface area (Å²) in [5.74, 6) is 1.01. The van der Waals surface area contributed by atoms with E-state index < -0.39 is 10.0 Å². The Morgan fingerprint density at radius 3 is 2.76 bits per heavy atom. The molecule has 94 valence electrons. The van der Waals surface area contributed by atoms with Gasteiger partial charge in [0.15, 0.2) is 0 Å². The predicted octanol–water partition coefficient (Wildman–Crippen LogP) is 1.62. The molecule has 1 saturated heterocycles. The zero-order valence-corrected chi connectivity index (χ0v) is 10.7. The van der Waals surface area contributed by atoms with Gasteiger partial charge in [-0.15, -0.1) is 0 Å². The fourth-order valence-corrected chi connectivity index (χ4v) is 3.61. The molecule has 17 heavy (non-hydrogen) atoms. The number of ether oxygens (including phenoxy) is 1. The van der Waals surface area contributed by atoms with E-state index in [-0.39, 0.29) is 5.75 Å². The van der Waals surface area contributed by atoms with E-state index in [1.54, 1.807) is 11.4 Å². The molecule has 1 aliphatic rings. The molecule has 0 N–H and O–H groups in total. The van der Waals surface area contributed by atoms with E-state index in [1.165, 1.54) is 0 Å². The number of nitrogens with zero attached hydrogens (tertiary/aromatic N) is 1. The normalized spacial score (nSPS) is 20.1. The van der Waals surface area contributed by atoms with Crippen LogP contribution in [0.25, 0.3) is 0 Å². The molecule has 1 aromatic rings. The summed E-state index contributed by atoms with van der Waals surface area (Å²) in [6, 6.07) is 7.54.